The maximum Gasteiger partial charge on any atom is 0.243 e. The molecule has 0 unspecified atom stereocenters. The van der Waals surface area contributed by atoms with Gasteiger partial charge in [0.2, 0.25) is 21.8 Å². The van der Waals surface area contributed by atoms with Gasteiger partial charge in [0.15, 0.2) is 0 Å². The molecule has 1 aliphatic carbocycles. The summed E-state index contributed by atoms with van der Waals surface area (Å²) in [5, 5.41) is 4.89. The van der Waals surface area contributed by atoms with E-state index in [-0.39, 0.29) is 29.8 Å². The van der Waals surface area contributed by atoms with Crippen LogP contribution in [0.15, 0.2) is 102 Å². The first-order chi connectivity index (χ1) is 21.2. The van der Waals surface area contributed by atoms with Crippen molar-refractivity contribution in [3.05, 3.63) is 108 Å². The lowest BCUT2D eigenvalue weighted by Crippen LogP contribution is -2.54. The van der Waals surface area contributed by atoms with E-state index < -0.39 is 28.5 Å². The number of fused-ring (bicyclic) bond motifs is 1. The first-order valence-corrected chi connectivity index (χ1v) is 16.4. The molecule has 0 radical (unpaired) electrons. The van der Waals surface area contributed by atoms with Crippen LogP contribution in [0.25, 0.3) is 10.8 Å². The van der Waals surface area contributed by atoms with Crippen molar-refractivity contribution >= 4 is 32.6 Å². The van der Waals surface area contributed by atoms with Crippen molar-refractivity contribution in [1.29, 1.82) is 0 Å². The maximum atomic E-state index is 14.2. The number of likely N-dealkylation sites (N-methyl/N-ethyl adjacent to an activating group) is 1. The smallest absolute Gasteiger partial charge is 0.243 e. The molecule has 0 heterocycles. The van der Waals surface area contributed by atoms with Gasteiger partial charge < -0.3 is 15.0 Å². The fourth-order valence-electron chi connectivity index (χ4n) is 5.76. The van der Waals surface area contributed by atoms with Crippen molar-refractivity contribution in [3.8, 4) is 5.75 Å². The summed E-state index contributed by atoms with van der Waals surface area (Å²) in [6.45, 7) is -0.323. The summed E-state index contributed by atoms with van der Waals surface area (Å²) in [7, 11) is -1.03. The minimum absolute atomic E-state index is 0.0606. The molecule has 0 aromatic heterocycles. The lowest BCUT2D eigenvalue weighted by molar-refractivity contribution is -0.141. The zero-order chi connectivity index (χ0) is 31.1. The molecular formula is C35H39N3O5S. The molecule has 1 saturated carbocycles. The van der Waals surface area contributed by atoms with Gasteiger partial charge in [-0.2, -0.15) is 4.31 Å². The van der Waals surface area contributed by atoms with E-state index in [1.54, 1.807) is 25.3 Å². The highest BCUT2D eigenvalue weighted by Gasteiger charge is 2.34. The van der Waals surface area contributed by atoms with E-state index in [0.717, 1.165) is 51.9 Å². The van der Waals surface area contributed by atoms with Crippen molar-refractivity contribution in [1.82, 2.24) is 14.5 Å². The number of methoxy groups -OCH3 is 1. The molecule has 0 spiro atoms. The van der Waals surface area contributed by atoms with Crippen LogP contribution in [0.2, 0.25) is 0 Å². The van der Waals surface area contributed by atoms with Crippen molar-refractivity contribution in [2.24, 2.45) is 0 Å². The third-order valence-corrected chi connectivity index (χ3v) is 10.0. The minimum Gasteiger partial charge on any atom is -0.497 e. The summed E-state index contributed by atoms with van der Waals surface area (Å²) in [6.07, 6.45) is 4.20. The predicted octanol–water partition coefficient (Wildman–Crippen LogP) is 5.17. The van der Waals surface area contributed by atoms with Gasteiger partial charge >= 0.3 is 0 Å². The number of nitrogens with zero attached hydrogens (tertiary/aromatic N) is 2. The molecular weight excluding hydrogens is 574 g/mol. The summed E-state index contributed by atoms with van der Waals surface area (Å²) in [6, 6.07) is 28.6. The number of ether oxygens (including phenoxy) is 1. The first-order valence-electron chi connectivity index (χ1n) is 15.0. The van der Waals surface area contributed by atoms with Crippen molar-refractivity contribution in [2.45, 2.75) is 55.6 Å². The molecule has 0 aliphatic heterocycles. The van der Waals surface area contributed by atoms with Crippen LogP contribution in [-0.2, 0) is 32.6 Å². The molecule has 1 atom stereocenters. The quantitative estimate of drug-likeness (QED) is 0.238. The maximum absolute atomic E-state index is 14.2. The fraction of sp³-hybridized carbons (Fsp3) is 0.314. The molecule has 5 rings (SSSR count). The summed E-state index contributed by atoms with van der Waals surface area (Å²) in [5.74, 6) is -0.0832. The topological polar surface area (TPSA) is 96.0 Å². The summed E-state index contributed by atoms with van der Waals surface area (Å²) >= 11 is 0. The SMILES string of the molecule is COc1cccc(CN(C(=O)CN(C)S(=O)(=O)c2ccc3ccccc3c2)[C@@H](Cc2ccccc2)C(=O)NC2CCCC2)c1. The molecule has 4 aromatic carbocycles. The van der Waals surface area contributed by atoms with E-state index in [0.29, 0.717) is 5.75 Å². The number of sulfonamides is 1. The Morgan fingerprint density at radius 1 is 0.864 bits per heavy atom. The average molecular weight is 614 g/mol. The molecule has 2 amide bonds. The number of nitrogens with one attached hydrogen (secondary N) is 1. The van der Waals surface area contributed by atoms with E-state index in [1.165, 1.54) is 11.9 Å². The summed E-state index contributed by atoms with van der Waals surface area (Å²) < 4.78 is 33.8. The normalized spacial score (nSPS) is 14.4. The second-order valence-electron chi connectivity index (χ2n) is 11.3. The Bertz CT molecular complexity index is 1700. The molecule has 9 heteroatoms. The Hall–Kier alpha value is -4.21. The molecule has 44 heavy (non-hydrogen) atoms. The van der Waals surface area contributed by atoms with Gasteiger partial charge in [0.1, 0.15) is 11.8 Å². The van der Waals surface area contributed by atoms with Gasteiger partial charge in [-0.05, 0) is 59.0 Å². The Balaban J connectivity index is 1.46. The van der Waals surface area contributed by atoms with Gasteiger partial charge in [-0.25, -0.2) is 8.42 Å². The van der Waals surface area contributed by atoms with Gasteiger partial charge in [0.25, 0.3) is 0 Å². The second-order valence-corrected chi connectivity index (χ2v) is 13.4. The van der Waals surface area contributed by atoms with Crippen LogP contribution in [0.5, 0.6) is 5.75 Å². The number of benzene rings is 4. The van der Waals surface area contributed by atoms with Crippen molar-refractivity contribution < 1.29 is 22.7 Å². The molecule has 0 saturated heterocycles. The molecule has 1 aliphatic rings. The van der Waals surface area contributed by atoms with Crippen molar-refractivity contribution in [2.75, 3.05) is 20.7 Å². The number of amides is 2. The second kappa shape index (κ2) is 14.1. The predicted molar refractivity (Wildman–Crippen MR) is 172 cm³/mol. The number of rotatable bonds is 12. The number of carbonyl (C=O) groups is 2. The van der Waals surface area contributed by atoms with Crippen LogP contribution in [0, 0.1) is 0 Å². The molecule has 230 valence electrons. The van der Waals surface area contributed by atoms with E-state index in [2.05, 4.69) is 5.32 Å². The number of hydrogen-bond acceptors (Lipinski definition) is 5. The Morgan fingerprint density at radius 2 is 1.55 bits per heavy atom. The van der Waals surface area contributed by atoms with Crippen LogP contribution in [0.3, 0.4) is 0 Å². The van der Waals surface area contributed by atoms with Gasteiger partial charge in [-0.3, -0.25) is 9.59 Å². The lowest BCUT2D eigenvalue weighted by atomic mass is 10.0. The highest BCUT2D eigenvalue weighted by atomic mass is 32.2. The summed E-state index contributed by atoms with van der Waals surface area (Å²) in [4.78, 5) is 29.7. The summed E-state index contributed by atoms with van der Waals surface area (Å²) in [5.41, 5.74) is 1.67. The Morgan fingerprint density at radius 3 is 2.27 bits per heavy atom. The van der Waals surface area contributed by atoms with E-state index in [1.807, 2.05) is 78.9 Å². The molecule has 8 nitrogen and oxygen atoms in total. The third-order valence-electron chi connectivity index (χ3n) is 8.25. The number of hydrogen-bond donors (Lipinski definition) is 1. The zero-order valence-corrected chi connectivity index (χ0v) is 26.0. The number of carbonyl (C=O) groups excluding carboxylic acids is 2. The van der Waals surface area contributed by atoms with Crippen LogP contribution in [0.1, 0.15) is 36.8 Å². The Kier molecular flexibility index (Phi) is 9.97. The van der Waals surface area contributed by atoms with Gasteiger partial charge in [-0.15, -0.1) is 0 Å². The minimum atomic E-state index is -4.00. The Labute approximate surface area is 259 Å². The van der Waals surface area contributed by atoms with Gasteiger partial charge in [0, 0.05) is 26.1 Å². The van der Waals surface area contributed by atoms with Crippen molar-refractivity contribution in [3.63, 3.8) is 0 Å². The van der Waals surface area contributed by atoms with Gasteiger partial charge in [0.05, 0.1) is 18.6 Å². The van der Waals surface area contributed by atoms with E-state index in [9.17, 15) is 18.0 Å². The van der Waals surface area contributed by atoms with E-state index in [4.69, 9.17) is 4.74 Å². The average Bonchev–Trinajstić information content (AvgIpc) is 3.56. The largest absolute Gasteiger partial charge is 0.497 e. The first kappa shape index (κ1) is 31.2. The zero-order valence-electron chi connectivity index (χ0n) is 25.2. The van der Waals surface area contributed by atoms with Crippen LogP contribution >= 0.6 is 0 Å². The highest BCUT2D eigenvalue weighted by Crippen LogP contribution is 2.24. The third kappa shape index (κ3) is 7.46. The van der Waals surface area contributed by atoms with Gasteiger partial charge in [-0.1, -0.05) is 85.6 Å². The molecule has 1 fully saturated rings. The van der Waals surface area contributed by atoms with Crippen LogP contribution < -0.4 is 10.1 Å². The lowest BCUT2D eigenvalue weighted by Gasteiger charge is -2.33. The van der Waals surface area contributed by atoms with Crippen LogP contribution in [-0.4, -0.2) is 62.2 Å². The fourth-order valence-corrected chi connectivity index (χ4v) is 6.92. The molecule has 1 N–H and O–H groups in total. The monoisotopic (exact) mass is 613 g/mol. The van der Waals surface area contributed by atoms with E-state index >= 15 is 0 Å². The standard InChI is InChI=1S/C35H39N3O5S/c1-37(44(41,42)32-20-19-28-14-6-7-15-29(28)23-32)25-34(39)38(24-27-13-10-18-31(21-27)43-2)33(22-26-11-4-3-5-12-26)35(40)36-30-16-8-9-17-30/h3-7,10-15,18-21,23,30,33H,8-9,16-17,22,24-25H2,1-2H3,(H,36,40)/t33-/m0/s1. The highest BCUT2D eigenvalue weighted by molar-refractivity contribution is 7.89. The van der Waals surface area contributed by atoms with Crippen LogP contribution in [0.4, 0.5) is 0 Å². The molecule has 0 bridgehead atoms. The molecule has 4 aromatic rings.